The zero-order valence-corrected chi connectivity index (χ0v) is 17.5. The van der Waals surface area contributed by atoms with Crippen LogP contribution in [-0.4, -0.2) is 49.4 Å². The summed E-state index contributed by atoms with van der Waals surface area (Å²) in [6, 6.07) is 9.96. The molecular weight excluding hydrogens is 396 g/mol. The molecule has 29 heavy (non-hydrogen) atoms. The van der Waals surface area contributed by atoms with Crippen LogP contribution in [0.2, 0.25) is 0 Å². The first-order valence-corrected chi connectivity index (χ1v) is 10.3. The molecule has 0 bridgehead atoms. The summed E-state index contributed by atoms with van der Waals surface area (Å²) in [5.41, 5.74) is 1.10. The third-order valence-corrected chi connectivity index (χ3v) is 6.30. The molecule has 8 nitrogen and oxygen atoms in total. The van der Waals surface area contributed by atoms with E-state index >= 15 is 0 Å². The fourth-order valence-electron chi connectivity index (χ4n) is 2.37. The highest BCUT2D eigenvalue weighted by Crippen LogP contribution is 2.20. The Hall–Kier alpha value is -2.91. The van der Waals surface area contributed by atoms with Crippen molar-refractivity contribution in [2.75, 3.05) is 19.0 Å². The number of phenols is 1. The molecule has 9 heteroatoms. The van der Waals surface area contributed by atoms with E-state index in [9.17, 15) is 23.1 Å². The van der Waals surface area contributed by atoms with Gasteiger partial charge in [0, 0.05) is 18.8 Å². The molecule has 156 valence electrons. The lowest BCUT2D eigenvalue weighted by atomic mass is 10.1. The first-order valence-electron chi connectivity index (χ1n) is 8.87. The summed E-state index contributed by atoms with van der Waals surface area (Å²) in [5, 5.41) is 12.3. The second-order valence-electron chi connectivity index (χ2n) is 6.78. The van der Waals surface area contributed by atoms with Gasteiger partial charge in [-0.15, -0.1) is 0 Å². The number of anilines is 1. The van der Waals surface area contributed by atoms with Gasteiger partial charge in [-0.2, -0.15) is 4.31 Å². The van der Waals surface area contributed by atoms with Gasteiger partial charge in [0.2, 0.25) is 10.0 Å². The zero-order valence-electron chi connectivity index (χ0n) is 16.7. The normalized spacial score (nSPS) is 11.5. The highest BCUT2D eigenvalue weighted by atomic mass is 32.2. The molecule has 1 amide bonds. The first-order chi connectivity index (χ1) is 13.5. The Balaban J connectivity index is 1.96. The fraction of sp³-hybridized carbons (Fsp3) is 0.300. The van der Waals surface area contributed by atoms with Crippen LogP contribution >= 0.6 is 0 Å². The minimum Gasteiger partial charge on any atom is -0.507 e. The van der Waals surface area contributed by atoms with Crippen molar-refractivity contribution >= 4 is 27.6 Å². The SMILES string of the molecule is Cc1ccc(C(=O)OCC(=O)Nc2ccc(S(=O)(=O)N(C)C(C)C)cc2)c(O)c1. The highest BCUT2D eigenvalue weighted by molar-refractivity contribution is 7.89. The molecule has 2 rings (SSSR count). The van der Waals surface area contributed by atoms with Gasteiger partial charge < -0.3 is 15.2 Å². The molecule has 2 N–H and O–H groups in total. The minimum atomic E-state index is -3.62. The average molecular weight is 420 g/mol. The number of carbonyl (C=O) groups is 2. The number of nitrogens with zero attached hydrogens (tertiary/aromatic N) is 1. The zero-order chi connectivity index (χ0) is 21.8. The number of esters is 1. The monoisotopic (exact) mass is 420 g/mol. The van der Waals surface area contributed by atoms with Crippen molar-refractivity contribution in [1.82, 2.24) is 4.31 Å². The summed E-state index contributed by atoms with van der Waals surface area (Å²) in [6.07, 6.45) is 0. The number of hydrogen-bond acceptors (Lipinski definition) is 6. The van der Waals surface area contributed by atoms with Crippen molar-refractivity contribution < 1.29 is 27.9 Å². The summed E-state index contributed by atoms with van der Waals surface area (Å²) in [4.78, 5) is 24.1. The number of hydrogen-bond donors (Lipinski definition) is 2. The maximum absolute atomic E-state index is 12.4. The molecule has 0 aliphatic heterocycles. The number of aryl methyl sites for hydroxylation is 1. The molecule has 0 saturated carbocycles. The number of ether oxygens (including phenoxy) is 1. The van der Waals surface area contributed by atoms with E-state index in [1.807, 2.05) is 0 Å². The van der Waals surface area contributed by atoms with E-state index in [2.05, 4.69) is 5.32 Å². The third kappa shape index (κ3) is 5.55. The Morgan fingerprint density at radius 3 is 2.31 bits per heavy atom. The predicted octanol–water partition coefficient (Wildman–Crippen LogP) is 2.53. The van der Waals surface area contributed by atoms with Crippen molar-refractivity contribution in [3.05, 3.63) is 53.6 Å². The summed E-state index contributed by atoms with van der Waals surface area (Å²) in [7, 11) is -2.12. The van der Waals surface area contributed by atoms with Gasteiger partial charge in [0.05, 0.1) is 4.90 Å². The highest BCUT2D eigenvalue weighted by Gasteiger charge is 2.23. The maximum Gasteiger partial charge on any atom is 0.342 e. The van der Waals surface area contributed by atoms with Gasteiger partial charge in [0.15, 0.2) is 6.61 Å². The Kier molecular flexibility index (Phi) is 6.99. The van der Waals surface area contributed by atoms with Gasteiger partial charge in [-0.3, -0.25) is 4.79 Å². The number of sulfonamides is 1. The molecule has 2 aromatic rings. The molecule has 0 heterocycles. The van der Waals surface area contributed by atoms with Crippen LogP contribution in [0, 0.1) is 6.92 Å². The summed E-state index contributed by atoms with van der Waals surface area (Å²) < 4.78 is 31.0. The number of rotatable bonds is 7. The molecule has 0 saturated heterocycles. The van der Waals surface area contributed by atoms with E-state index in [0.717, 1.165) is 5.56 Å². The van der Waals surface area contributed by atoms with Crippen LogP contribution in [0.5, 0.6) is 5.75 Å². The second-order valence-corrected chi connectivity index (χ2v) is 8.78. The van der Waals surface area contributed by atoms with E-state index in [1.54, 1.807) is 26.8 Å². The fourth-order valence-corrected chi connectivity index (χ4v) is 3.74. The van der Waals surface area contributed by atoms with Crippen LogP contribution in [0.15, 0.2) is 47.4 Å². The first kappa shape index (κ1) is 22.4. The van der Waals surface area contributed by atoms with Crippen LogP contribution in [0.1, 0.15) is 29.8 Å². The summed E-state index contributed by atoms with van der Waals surface area (Å²) in [6.45, 7) is 4.75. The molecule has 0 aromatic heterocycles. The average Bonchev–Trinajstić information content (AvgIpc) is 2.65. The summed E-state index contributed by atoms with van der Waals surface area (Å²) >= 11 is 0. The number of carbonyl (C=O) groups excluding carboxylic acids is 2. The van der Waals surface area contributed by atoms with Gasteiger partial charge in [-0.1, -0.05) is 6.07 Å². The van der Waals surface area contributed by atoms with Crippen LogP contribution in [-0.2, 0) is 19.6 Å². The summed E-state index contributed by atoms with van der Waals surface area (Å²) in [5.74, 6) is -1.64. The predicted molar refractivity (Wildman–Crippen MR) is 108 cm³/mol. The Bertz CT molecular complexity index is 1000. The lowest BCUT2D eigenvalue weighted by molar-refractivity contribution is -0.119. The van der Waals surface area contributed by atoms with Gasteiger partial charge in [-0.25, -0.2) is 13.2 Å². The smallest absolute Gasteiger partial charge is 0.342 e. The molecule has 0 aliphatic rings. The van der Waals surface area contributed by atoms with Crippen molar-refractivity contribution in [1.29, 1.82) is 0 Å². The van der Waals surface area contributed by atoms with Crippen LogP contribution in [0.3, 0.4) is 0 Å². The van der Waals surface area contributed by atoms with Crippen LogP contribution in [0.25, 0.3) is 0 Å². The van der Waals surface area contributed by atoms with Crippen molar-refractivity contribution in [2.45, 2.75) is 31.7 Å². The molecule has 0 aliphatic carbocycles. The van der Waals surface area contributed by atoms with E-state index in [4.69, 9.17) is 4.74 Å². The lowest BCUT2D eigenvalue weighted by Crippen LogP contribution is -2.33. The maximum atomic E-state index is 12.4. The lowest BCUT2D eigenvalue weighted by Gasteiger charge is -2.21. The van der Waals surface area contributed by atoms with Gasteiger partial charge >= 0.3 is 5.97 Å². The molecule has 2 aromatic carbocycles. The van der Waals surface area contributed by atoms with Crippen LogP contribution in [0.4, 0.5) is 5.69 Å². The molecule has 0 spiro atoms. The standard InChI is InChI=1S/C20H24N2O6S/c1-13(2)22(4)29(26,27)16-8-6-15(7-9-16)21-19(24)12-28-20(25)17-10-5-14(3)11-18(17)23/h5-11,13,23H,12H2,1-4H3,(H,21,24). The van der Waals surface area contributed by atoms with Crippen molar-refractivity contribution in [2.24, 2.45) is 0 Å². The number of phenolic OH excluding ortho intramolecular Hbond substituents is 1. The van der Waals surface area contributed by atoms with Gasteiger partial charge in [-0.05, 0) is 62.7 Å². The molecule has 0 radical (unpaired) electrons. The Morgan fingerprint density at radius 2 is 1.76 bits per heavy atom. The topological polar surface area (TPSA) is 113 Å². The third-order valence-electron chi connectivity index (χ3n) is 4.25. The molecule has 0 atom stereocenters. The van der Waals surface area contributed by atoms with E-state index in [-0.39, 0.29) is 22.3 Å². The van der Waals surface area contributed by atoms with Crippen molar-refractivity contribution in [3.63, 3.8) is 0 Å². The largest absolute Gasteiger partial charge is 0.507 e. The second kappa shape index (κ2) is 9.06. The van der Waals surface area contributed by atoms with Crippen molar-refractivity contribution in [3.8, 4) is 5.75 Å². The van der Waals surface area contributed by atoms with E-state index in [1.165, 1.54) is 47.8 Å². The van der Waals surface area contributed by atoms with E-state index < -0.39 is 28.5 Å². The van der Waals surface area contributed by atoms with Crippen LogP contribution < -0.4 is 5.32 Å². The Morgan fingerprint density at radius 1 is 1.14 bits per heavy atom. The molecule has 0 fully saturated rings. The van der Waals surface area contributed by atoms with Gasteiger partial charge in [0.1, 0.15) is 11.3 Å². The number of benzene rings is 2. The molecule has 0 unspecified atom stereocenters. The number of nitrogens with one attached hydrogen (secondary N) is 1. The van der Waals surface area contributed by atoms with E-state index in [0.29, 0.717) is 5.69 Å². The quantitative estimate of drug-likeness (QED) is 0.666. The number of aromatic hydroxyl groups is 1. The minimum absolute atomic E-state index is 0.0350. The molecular formula is C20H24N2O6S. The number of amides is 1. The van der Waals surface area contributed by atoms with Gasteiger partial charge in [0.25, 0.3) is 5.91 Å². The Labute approximate surface area is 170 Å².